The minimum atomic E-state index is 0.0290. The molecule has 0 radical (unpaired) electrons. The highest BCUT2D eigenvalue weighted by molar-refractivity contribution is 7.14. The molecule has 1 saturated heterocycles. The number of ketones is 1. The van der Waals surface area contributed by atoms with Crippen molar-refractivity contribution in [2.75, 3.05) is 32.1 Å². The van der Waals surface area contributed by atoms with Crippen molar-refractivity contribution < 1.29 is 4.79 Å². The normalized spacial score (nSPS) is 15.0. The molecule has 0 atom stereocenters. The third-order valence-electron chi connectivity index (χ3n) is 6.41. The van der Waals surface area contributed by atoms with E-state index >= 15 is 0 Å². The monoisotopic (exact) mass is 473 g/mol. The molecule has 0 aliphatic carbocycles. The summed E-state index contributed by atoms with van der Waals surface area (Å²) in [5, 5.41) is 11.9. The fourth-order valence-corrected chi connectivity index (χ4v) is 4.98. The van der Waals surface area contributed by atoms with Crippen LogP contribution < -0.4 is 4.90 Å². The number of hydrogen-bond donors (Lipinski definition) is 0. The van der Waals surface area contributed by atoms with E-state index in [0.717, 1.165) is 63.9 Å². The van der Waals surface area contributed by atoms with Gasteiger partial charge in [-0.15, -0.1) is 10.2 Å². The summed E-state index contributed by atoms with van der Waals surface area (Å²) in [7, 11) is 4.23. The Morgan fingerprint density at radius 1 is 1.09 bits per heavy atom. The number of piperidine rings is 1. The Hall–Kier alpha value is -3.30. The van der Waals surface area contributed by atoms with E-state index in [1.807, 2.05) is 25.1 Å². The van der Waals surface area contributed by atoms with Crippen molar-refractivity contribution in [1.29, 1.82) is 0 Å². The minimum Gasteiger partial charge on any atom is -0.357 e. The van der Waals surface area contributed by atoms with Crippen LogP contribution in [0.2, 0.25) is 0 Å². The number of nitrogens with zero attached hydrogens (tertiary/aromatic N) is 7. The number of rotatable bonds is 6. The third kappa shape index (κ3) is 4.80. The zero-order chi connectivity index (χ0) is 23.7. The maximum Gasteiger partial charge on any atom is 0.169 e. The first kappa shape index (κ1) is 22.5. The lowest BCUT2D eigenvalue weighted by atomic mass is 10.0. The van der Waals surface area contributed by atoms with Crippen LogP contribution in [0.1, 0.15) is 33.9 Å². The van der Waals surface area contributed by atoms with Gasteiger partial charge >= 0.3 is 0 Å². The van der Waals surface area contributed by atoms with E-state index in [4.69, 9.17) is 0 Å². The second-order valence-electron chi connectivity index (χ2n) is 8.87. The second-order valence-corrected chi connectivity index (χ2v) is 10.0. The number of likely N-dealkylation sites (tertiary alicyclic amines) is 1. The maximum atomic E-state index is 13.1. The van der Waals surface area contributed by atoms with Gasteiger partial charge < -0.3 is 9.80 Å². The highest BCUT2D eigenvalue weighted by atomic mass is 32.1. The number of carbonyl (C=O) groups is 1. The fraction of sp³-hybridized carbons (Fsp3) is 0.360. The van der Waals surface area contributed by atoms with Crippen molar-refractivity contribution in [3.63, 3.8) is 0 Å². The average molecular weight is 474 g/mol. The summed E-state index contributed by atoms with van der Waals surface area (Å²) in [5.74, 6) is 0.872. The van der Waals surface area contributed by atoms with Crippen LogP contribution >= 0.6 is 11.3 Å². The largest absolute Gasteiger partial charge is 0.357 e. The molecule has 4 aromatic rings. The van der Waals surface area contributed by atoms with E-state index in [0.29, 0.717) is 11.6 Å². The van der Waals surface area contributed by atoms with Gasteiger partial charge in [0.25, 0.3) is 0 Å². The van der Waals surface area contributed by atoms with Crippen LogP contribution in [0, 0.1) is 6.92 Å². The molecular formula is C25H27N7OS. The summed E-state index contributed by atoms with van der Waals surface area (Å²) in [5.41, 5.74) is 2.16. The lowest BCUT2D eigenvalue weighted by molar-refractivity contribution is 0.0992. The van der Waals surface area contributed by atoms with Crippen LogP contribution in [0.25, 0.3) is 21.5 Å². The van der Waals surface area contributed by atoms with E-state index in [1.54, 1.807) is 24.7 Å². The predicted octanol–water partition coefficient (Wildman–Crippen LogP) is 3.81. The zero-order valence-electron chi connectivity index (χ0n) is 19.6. The number of Topliss-reactive ketones (excluding diaryl/α,β-unsaturated/α-hetero) is 1. The SMILES string of the molecule is Cc1nnc(-c2cc3cc(CC(=O)c4ccnc(N(C)C5CCN(C)CC5)c4)ncc3cn2)s1. The number of anilines is 1. The van der Waals surface area contributed by atoms with E-state index < -0.39 is 0 Å². The highest BCUT2D eigenvalue weighted by Crippen LogP contribution is 2.25. The van der Waals surface area contributed by atoms with Gasteiger partial charge in [0.15, 0.2) is 10.8 Å². The topological polar surface area (TPSA) is 88.0 Å². The Kier molecular flexibility index (Phi) is 6.30. The lowest BCUT2D eigenvalue weighted by Gasteiger charge is -2.35. The van der Waals surface area contributed by atoms with E-state index in [9.17, 15) is 4.79 Å². The Balaban J connectivity index is 1.33. The van der Waals surface area contributed by atoms with Gasteiger partial charge in [-0.1, -0.05) is 11.3 Å². The number of hydrogen-bond acceptors (Lipinski definition) is 9. The van der Waals surface area contributed by atoms with Crippen LogP contribution in [0.3, 0.4) is 0 Å². The maximum absolute atomic E-state index is 13.1. The van der Waals surface area contributed by atoms with Gasteiger partial charge in [0.05, 0.1) is 6.42 Å². The standard InChI is InChI=1S/C25H27N7OS/c1-16-29-30-25(34-16)22-11-18-10-20(27-14-19(18)15-28-22)13-23(33)17-4-7-26-24(12-17)32(3)21-5-8-31(2)9-6-21/h4,7,10-12,14-15,21H,5-6,8-9,13H2,1-3H3. The molecule has 0 aromatic carbocycles. The number of carbonyl (C=O) groups excluding carboxylic acids is 1. The Bertz CT molecular complexity index is 1330. The highest BCUT2D eigenvalue weighted by Gasteiger charge is 2.22. The average Bonchev–Trinajstić information content (AvgIpc) is 3.30. The first-order chi connectivity index (χ1) is 16.5. The smallest absolute Gasteiger partial charge is 0.169 e. The summed E-state index contributed by atoms with van der Waals surface area (Å²) < 4.78 is 0. The molecule has 0 amide bonds. The molecule has 174 valence electrons. The van der Waals surface area contributed by atoms with Gasteiger partial charge in [-0.2, -0.15) is 0 Å². The molecule has 8 nitrogen and oxygen atoms in total. The van der Waals surface area contributed by atoms with Crippen molar-refractivity contribution in [3.05, 3.63) is 59.1 Å². The summed E-state index contributed by atoms with van der Waals surface area (Å²) in [6.07, 6.45) is 7.71. The number of fused-ring (bicyclic) bond motifs is 1. The van der Waals surface area contributed by atoms with Crippen LogP contribution in [0.5, 0.6) is 0 Å². The van der Waals surface area contributed by atoms with Gasteiger partial charge in [-0.05, 0) is 69.6 Å². The fourth-order valence-electron chi connectivity index (χ4n) is 4.32. The molecular weight excluding hydrogens is 446 g/mol. The van der Waals surface area contributed by atoms with Crippen molar-refractivity contribution in [3.8, 4) is 10.7 Å². The molecule has 34 heavy (non-hydrogen) atoms. The number of pyridine rings is 3. The Morgan fingerprint density at radius 3 is 2.65 bits per heavy atom. The molecule has 5 heterocycles. The summed E-state index contributed by atoms with van der Waals surface area (Å²) in [6.45, 7) is 4.08. The molecule has 9 heteroatoms. The van der Waals surface area contributed by atoms with Gasteiger partial charge in [0.2, 0.25) is 0 Å². The summed E-state index contributed by atoms with van der Waals surface area (Å²) in [6, 6.07) is 8.07. The molecule has 0 bridgehead atoms. The number of aryl methyl sites for hydroxylation is 1. The molecule has 4 aromatic heterocycles. The van der Waals surface area contributed by atoms with Crippen molar-refractivity contribution in [2.45, 2.75) is 32.2 Å². The predicted molar refractivity (Wildman–Crippen MR) is 134 cm³/mol. The second kappa shape index (κ2) is 9.52. The first-order valence-electron chi connectivity index (χ1n) is 11.4. The van der Waals surface area contributed by atoms with Gasteiger partial charge in [-0.25, -0.2) is 4.98 Å². The molecule has 0 unspecified atom stereocenters. The van der Waals surface area contributed by atoms with Crippen molar-refractivity contribution >= 4 is 33.7 Å². The van der Waals surface area contributed by atoms with Crippen LogP contribution in [0.4, 0.5) is 5.82 Å². The Labute approximate surface area is 202 Å². The number of aromatic nitrogens is 5. The van der Waals surface area contributed by atoms with Gasteiger partial charge in [0.1, 0.15) is 16.5 Å². The first-order valence-corrected chi connectivity index (χ1v) is 12.2. The summed E-state index contributed by atoms with van der Waals surface area (Å²) in [4.78, 5) is 31.2. The summed E-state index contributed by atoms with van der Waals surface area (Å²) >= 11 is 1.51. The quantitative estimate of drug-likeness (QED) is 0.391. The van der Waals surface area contributed by atoms with Gasteiger partial charge in [0, 0.05) is 48.3 Å². The molecule has 0 saturated carbocycles. The van der Waals surface area contributed by atoms with Crippen LogP contribution in [-0.4, -0.2) is 69.1 Å². The molecule has 0 spiro atoms. The van der Waals surface area contributed by atoms with Crippen molar-refractivity contribution in [2.24, 2.45) is 0 Å². The van der Waals surface area contributed by atoms with Gasteiger partial charge in [-0.3, -0.25) is 14.8 Å². The molecule has 5 rings (SSSR count). The lowest BCUT2D eigenvalue weighted by Crippen LogP contribution is -2.42. The van der Waals surface area contributed by atoms with E-state index in [-0.39, 0.29) is 12.2 Å². The van der Waals surface area contributed by atoms with Crippen molar-refractivity contribution in [1.82, 2.24) is 30.0 Å². The molecule has 1 fully saturated rings. The molecule has 0 N–H and O–H groups in total. The van der Waals surface area contributed by atoms with Crippen LogP contribution in [0.15, 0.2) is 42.9 Å². The van der Waals surface area contributed by atoms with Crippen LogP contribution in [-0.2, 0) is 6.42 Å². The molecule has 1 aliphatic heterocycles. The zero-order valence-corrected chi connectivity index (χ0v) is 20.4. The third-order valence-corrected chi connectivity index (χ3v) is 7.27. The van der Waals surface area contributed by atoms with E-state index in [2.05, 4.69) is 49.0 Å². The van der Waals surface area contributed by atoms with E-state index in [1.165, 1.54) is 11.3 Å². The molecule has 1 aliphatic rings. The minimum absolute atomic E-state index is 0.0290. The Morgan fingerprint density at radius 2 is 1.88 bits per heavy atom.